The molecule has 5 nitrogen and oxygen atoms in total. The molecule has 126 valence electrons. The molecule has 3 rings (SSSR count). The number of fused-ring (bicyclic) bond motifs is 1. The number of H-pyrrole nitrogens is 1. The molecule has 2 heterocycles. The van der Waals surface area contributed by atoms with Gasteiger partial charge in [0.15, 0.2) is 5.96 Å². The molecule has 0 aliphatic heterocycles. The predicted molar refractivity (Wildman–Crippen MR) is 100 cm³/mol. The number of rotatable bonds is 7. The van der Waals surface area contributed by atoms with Crippen molar-refractivity contribution in [2.45, 2.75) is 19.9 Å². The molecule has 0 unspecified atom stereocenters. The van der Waals surface area contributed by atoms with Crippen molar-refractivity contribution >= 4 is 16.9 Å². The summed E-state index contributed by atoms with van der Waals surface area (Å²) < 4.78 is 2.15. The lowest BCUT2D eigenvalue weighted by molar-refractivity contribution is 0.665. The van der Waals surface area contributed by atoms with Crippen LogP contribution in [-0.2, 0) is 13.0 Å². The van der Waals surface area contributed by atoms with E-state index >= 15 is 0 Å². The van der Waals surface area contributed by atoms with E-state index in [9.17, 15) is 0 Å². The summed E-state index contributed by atoms with van der Waals surface area (Å²) >= 11 is 0. The Morgan fingerprint density at radius 3 is 2.75 bits per heavy atom. The van der Waals surface area contributed by atoms with Gasteiger partial charge in [-0.3, -0.25) is 4.99 Å². The molecule has 1 aromatic carbocycles. The first-order valence-corrected chi connectivity index (χ1v) is 8.54. The molecule has 0 aliphatic carbocycles. The van der Waals surface area contributed by atoms with Crippen molar-refractivity contribution in [1.29, 1.82) is 0 Å². The second kappa shape index (κ2) is 8.24. The third-order valence-electron chi connectivity index (χ3n) is 3.91. The van der Waals surface area contributed by atoms with Crippen molar-refractivity contribution in [2.75, 3.05) is 19.6 Å². The lowest BCUT2D eigenvalue weighted by Gasteiger charge is -2.11. The standard InChI is InChI=1S/C19H25N5/c1-2-20-19(22-11-14-24-12-5-6-13-24)21-10-9-17-15-16-7-3-4-8-18(16)23-17/h3-8,12-13,15,23H,2,9-11,14H2,1H3,(H2,20,21,22). The molecule has 3 aromatic rings. The molecular weight excluding hydrogens is 298 g/mol. The molecule has 0 fully saturated rings. The van der Waals surface area contributed by atoms with E-state index in [-0.39, 0.29) is 0 Å². The maximum absolute atomic E-state index is 4.66. The summed E-state index contributed by atoms with van der Waals surface area (Å²) in [6.07, 6.45) is 5.05. The van der Waals surface area contributed by atoms with Crippen LogP contribution >= 0.6 is 0 Å². The Labute approximate surface area is 142 Å². The zero-order valence-electron chi connectivity index (χ0n) is 14.1. The zero-order valence-corrected chi connectivity index (χ0v) is 14.1. The van der Waals surface area contributed by atoms with Crippen LogP contribution in [0, 0.1) is 0 Å². The number of nitrogens with zero attached hydrogens (tertiary/aromatic N) is 2. The van der Waals surface area contributed by atoms with Crippen LogP contribution < -0.4 is 10.6 Å². The monoisotopic (exact) mass is 323 g/mol. The number of guanidine groups is 1. The first kappa shape index (κ1) is 16.2. The third-order valence-corrected chi connectivity index (χ3v) is 3.91. The van der Waals surface area contributed by atoms with Crippen molar-refractivity contribution in [2.24, 2.45) is 4.99 Å². The Hall–Kier alpha value is -2.69. The van der Waals surface area contributed by atoms with Crippen LogP contribution in [0.4, 0.5) is 0 Å². The number of aromatic nitrogens is 2. The van der Waals surface area contributed by atoms with Gasteiger partial charge >= 0.3 is 0 Å². The lowest BCUT2D eigenvalue weighted by Crippen LogP contribution is -2.39. The first-order chi connectivity index (χ1) is 11.8. The van der Waals surface area contributed by atoms with E-state index in [1.54, 1.807) is 0 Å². The fourth-order valence-corrected chi connectivity index (χ4v) is 2.72. The molecule has 0 aliphatic rings. The Morgan fingerprint density at radius 1 is 1.12 bits per heavy atom. The molecule has 0 atom stereocenters. The number of hydrogen-bond donors (Lipinski definition) is 3. The van der Waals surface area contributed by atoms with E-state index in [4.69, 9.17) is 0 Å². The van der Waals surface area contributed by atoms with Crippen molar-refractivity contribution in [3.63, 3.8) is 0 Å². The zero-order chi connectivity index (χ0) is 16.6. The van der Waals surface area contributed by atoms with Gasteiger partial charge in [0.05, 0.1) is 0 Å². The van der Waals surface area contributed by atoms with Gasteiger partial charge in [-0.05, 0) is 36.6 Å². The fraction of sp³-hybridized carbons (Fsp3) is 0.316. The molecular formula is C19H25N5. The molecule has 0 radical (unpaired) electrons. The molecule has 5 heteroatoms. The summed E-state index contributed by atoms with van der Waals surface area (Å²) in [5.74, 6) is 0.876. The van der Waals surface area contributed by atoms with E-state index in [0.717, 1.165) is 38.6 Å². The van der Waals surface area contributed by atoms with Crippen LogP contribution in [0.15, 0.2) is 59.9 Å². The average Bonchev–Trinajstić information content (AvgIpc) is 3.23. The summed E-state index contributed by atoms with van der Waals surface area (Å²) in [7, 11) is 0. The van der Waals surface area contributed by atoms with Gasteiger partial charge in [0, 0.05) is 56.2 Å². The molecule has 0 saturated heterocycles. The van der Waals surface area contributed by atoms with Gasteiger partial charge in [-0.25, -0.2) is 0 Å². The third kappa shape index (κ3) is 4.41. The van der Waals surface area contributed by atoms with Gasteiger partial charge in [0.1, 0.15) is 0 Å². The highest BCUT2D eigenvalue weighted by Crippen LogP contribution is 2.14. The normalized spacial score (nSPS) is 11.8. The van der Waals surface area contributed by atoms with Crippen LogP contribution in [0.25, 0.3) is 10.9 Å². The van der Waals surface area contributed by atoms with Gasteiger partial charge in [0.2, 0.25) is 0 Å². The van der Waals surface area contributed by atoms with E-state index in [2.05, 4.69) is 74.8 Å². The minimum Gasteiger partial charge on any atom is -0.358 e. The fourth-order valence-electron chi connectivity index (χ4n) is 2.72. The van der Waals surface area contributed by atoms with Crippen LogP contribution in [0.2, 0.25) is 0 Å². The van der Waals surface area contributed by atoms with Crippen molar-refractivity contribution in [3.8, 4) is 0 Å². The molecule has 0 amide bonds. The summed E-state index contributed by atoms with van der Waals surface area (Å²) in [6, 6.07) is 14.6. The quantitative estimate of drug-likeness (QED) is 0.462. The van der Waals surface area contributed by atoms with Gasteiger partial charge in [-0.15, -0.1) is 0 Å². The topological polar surface area (TPSA) is 57.1 Å². The highest BCUT2D eigenvalue weighted by molar-refractivity contribution is 5.80. The minimum absolute atomic E-state index is 0.756. The smallest absolute Gasteiger partial charge is 0.191 e. The Bertz CT molecular complexity index is 737. The summed E-state index contributed by atoms with van der Waals surface area (Å²) in [5.41, 5.74) is 2.41. The van der Waals surface area contributed by atoms with Crippen molar-refractivity contribution < 1.29 is 0 Å². The van der Waals surface area contributed by atoms with Crippen LogP contribution in [0.5, 0.6) is 0 Å². The number of aliphatic imine (C=N–C) groups is 1. The summed E-state index contributed by atoms with van der Waals surface area (Å²) in [6.45, 7) is 5.49. The number of benzene rings is 1. The lowest BCUT2D eigenvalue weighted by atomic mass is 10.2. The summed E-state index contributed by atoms with van der Waals surface area (Å²) in [5, 5.41) is 7.93. The van der Waals surface area contributed by atoms with Crippen LogP contribution in [0.1, 0.15) is 12.6 Å². The SMILES string of the molecule is CCNC(=NCCc1cc2ccccc2[nH]1)NCCn1cccc1. The Balaban J connectivity index is 1.51. The van der Waals surface area contributed by atoms with Crippen LogP contribution in [-0.4, -0.2) is 35.1 Å². The number of hydrogen-bond acceptors (Lipinski definition) is 1. The molecule has 24 heavy (non-hydrogen) atoms. The molecule has 2 aromatic heterocycles. The molecule has 3 N–H and O–H groups in total. The van der Waals surface area contributed by atoms with Crippen LogP contribution in [0.3, 0.4) is 0 Å². The highest BCUT2D eigenvalue weighted by Gasteiger charge is 2.01. The Morgan fingerprint density at radius 2 is 1.96 bits per heavy atom. The maximum atomic E-state index is 4.66. The van der Waals surface area contributed by atoms with Gasteiger partial charge in [-0.2, -0.15) is 0 Å². The first-order valence-electron chi connectivity index (χ1n) is 8.54. The molecule has 0 spiro atoms. The van der Waals surface area contributed by atoms with Gasteiger partial charge < -0.3 is 20.2 Å². The van der Waals surface area contributed by atoms with E-state index in [1.807, 2.05) is 12.1 Å². The highest BCUT2D eigenvalue weighted by atomic mass is 15.2. The number of aromatic amines is 1. The van der Waals surface area contributed by atoms with E-state index in [1.165, 1.54) is 16.6 Å². The van der Waals surface area contributed by atoms with Gasteiger partial charge in [-0.1, -0.05) is 18.2 Å². The van der Waals surface area contributed by atoms with E-state index < -0.39 is 0 Å². The minimum atomic E-state index is 0.756. The molecule has 0 saturated carbocycles. The number of para-hydroxylation sites is 1. The Kier molecular flexibility index (Phi) is 5.56. The predicted octanol–water partition coefficient (Wildman–Crippen LogP) is 2.77. The van der Waals surface area contributed by atoms with Gasteiger partial charge in [0.25, 0.3) is 0 Å². The second-order valence-corrected chi connectivity index (χ2v) is 5.74. The molecule has 0 bridgehead atoms. The average molecular weight is 323 g/mol. The number of nitrogens with one attached hydrogen (secondary N) is 3. The van der Waals surface area contributed by atoms with Crippen molar-refractivity contribution in [1.82, 2.24) is 20.2 Å². The van der Waals surface area contributed by atoms with Crippen molar-refractivity contribution in [3.05, 3.63) is 60.6 Å². The van der Waals surface area contributed by atoms with E-state index in [0.29, 0.717) is 0 Å². The second-order valence-electron chi connectivity index (χ2n) is 5.74. The maximum Gasteiger partial charge on any atom is 0.191 e. The summed E-state index contributed by atoms with van der Waals surface area (Å²) in [4.78, 5) is 8.11. The largest absolute Gasteiger partial charge is 0.358 e.